The molecule has 1 aliphatic rings. The molecule has 0 radical (unpaired) electrons. The Bertz CT molecular complexity index is 536. The predicted octanol–water partition coefficient (Wildman–Crippen LogP) is 2.38. The number of hydrogen-bond donors (Lipinski definition) is 3. The van der Waals surface area contributed by atoms with Crippen LogP contribution in [0.2, 0.25) is 5.02 Å². The molecule has 0 spiro atoms. The minimum atomic E-state index is -0.919. The number of aliphatic hydroxyl groups is 1. The zero-order valence-electron chi connectivity index (χ0n) is 12.4. The number of carbonyl (C=O) groups is 1. The Labute approximate surface area is 133 Å². The number of rotatable bonds is 4. The van der Waals surface area contributed by atoms with Gasteiger partial charge in [-0.1, -0.05) is 17.7 Å². The van der Waals surface area contributed by atoms with Crippen LogP contribution >= 0.6 is 11.6 Å². The van der Waals surface area contributed by atoms with Gasteiger partial charge in [0, 0.05) is 32.6 Å². The summed E-state index contributed by atoms with van der Waals surface area (Å²) in [5, 5.41) is 15.7. The van der Waals surface area contributed by atoms with Gasteiger partial charge in [0.15, 0.2) is 0 Å². The van der Waals surface area contributed by atoms with E-state index in [1.165, 1.54) is 12.1 Å². The first-order chi connectivity index (χ1) is 10.4. The first kappa shape index (κ1) is 17.0. The van der Waals surface area contributed by atoms with Crippen LogP contribution in [0.15, 0.2) is 18.2 Å². The maximum Gasteiger partial charge on any atom is 0.315 e. The van der Waals surface area contributed by atoms with Gasteiger partial charge in [-0.3, -0.25) is 0 Å². The maximum atomic E-state index is 13.1. The van der Waals surface area contributed by atoms with Crippen molar-refractivity contribution in [3.63, 3.8) is 0 Å². The molecule has 1 saturated heterocycles. The van der Waals surface area contributed by atoms with Gasteiger partial charge in [0.1, 0.15) is 5.82 Å². The Hall–Kier alpha value is -1.37. The summed E-state index contributed by atoms with van der Waals surface area (Å²) >= 11 is 5.73. The third-order valence-electron chi connectivity index (χ3n) is 3.79. The summed E-state index contributed by atoms with van der Waals surface area (Å²) in [5.41, 5.74) is -0.218. The highest BCUT2D eigenvalue weighted by molar-refractivity contribution is 6.30. The molecule has 0 saturated carbocycles. The van der Waals surface area contributed by atoms with Crippen LogP contribution in [0, 0.1) is 5.82 Å². The molecule has 0 aromatic heterocycles. The van der Waals surface area contributed by atoms with E-state index in [0.29, 0.717) is 31.6 Å². The lowest BCUT2D eigenvalue weighted by atomic mass is 9.94. The van der Waals surface area contributed by atoms with E-state index >= 15 is 0 Å². The molecule has 1 unspecified atom stereocenters. The zero-order chi connectivity index (χ0) is 16.2. The molecule has 5 nitrogen and oxygen atoms in total. The summed E-state index contributed by atoms with van der Waals surface area (Å²) in [6, 6.07) is 3.58. The molecule has 122 valence electrons. The van der Waals surface area contributed by atoms with Gasteiger partial charge in [-0.15, -0.1) is 0 Å². The van der Waals surface area contributed by atoms with Gasteiger partial charge in [-0.05, 0) is 24.6 Å². The van der Waals surface area contributed by atoms with Gasteiger partial charge in [-0.25, -0.2) is 9.18 Å². The number of hydrogen-bond acceptors (Lipinski definition) is 3. The second-order valence-corrected chi connectivity index (χ2v) is 5.97. The molecule has 2 rings (SSSR count). The van der Waals surface area contributed by atoms with E-state index in [1.54, 1.807) is 13.0 Å². The quantitative estimate of drug-likeness (QED) is 0.794. The number of urea groups is 1. The fourth-order valence-electron chi connectivity index (χ4n) is 2.29. The number of halogens is 2. The fraction of sp³-hybridized carbons (Fsp3) is 0.533. The Balaban J connectivity index is 1.84. The van der Waals surface area contributed by atoms with E-state index < -0.39 is 17.4 Å². The topological polar surface area (TPSA) is 70.6 Å². The Morgan fingerprint density at radius 2 is 2.18 bits per heavy atom. The summed E-state index contributed by atoms with van der Waals surface area (Å²) in [4.78, 5) is 11.9. The molecule has 1 atom stereocenters. The van der Waals surface area contributed by atoms with Gasteiger partial charge in [0.25, 0.3) is 0 Å². The molecule has 2 amide bonds. The van der Waals surface area contributed by atoms with Crippen molar-refractivity contribution in [2.45, 2.75) is 31.4 Å². The van der Waals surface area contributed by atoms with Crippen molar-refractivity contribution in [2.75, 3.05) is 19.8 Å². The van der Waals surface area contributed by atoms with Crippen LogP contribution in [-0.4, -0.2) is 36.5 Å². The highest BCUT2D eigenvalue weighted by Crippen LogP contribution is 2.21. The molecular weight excluding hydrogens is 311 g/mol. The largest absolute Gasteiger partial charge is 0.388 e. The van der Waals surface area contributed by atoms with E-state index in [9.17, 15) is 14.3 Å². The second-order valence-electron chi connectivity index (χ2n) is 5.56. The Kier molecular flexibility index (Phi) is 5.61. The molecule has 1 heterocycles. The second kappa shape index (κ2) is 7.26. The normalized spacial score (nSPS) is 18.5. The average Bonchev–Trinajstić information content (AvgIpc) is 2.49. The van der Waals surface area contributed by atoms with Gasteiger partial charge in [-0.2, -0.15) is 0 Å². The first-order valence-electron chi connectivity index (χ1n) is 7.19. The SMILES string of the molecule is CC(NC(=O)NCC1(O)CCOCC1)c1ccc(F)c(Cl)c1. The average molecular weight is 331 g/mol. The number of carbonyl (C=O) groups excluding carboxylic acids is 1. The molecule has 1 aromatic carbocycles. The van der Waals surface area contributed by atoms with Gasteiger partial charge < -0.3 is 20.5 Å². The van der Waals surface area contributed by atoms with E-state index in [-0.39, 0.29) is 17.6 Å². The molecule has 1 aliphatic heterocycles. The number of nitrogens with one attached hydrogen (secondary N) is 2. The van der Waals surface area contributed by atoms with E-state index in [0.717, 1.165) is 0 Å². The van der Waals surface area contributed by atoms with Gasteiger partial charge in [0.2, 0.25) is 0 Å². The summed E-state index contributed by atoms with van der Waals surface area (Å²) in [6.07, 6.45) is 0.993. The molecule has 1 aromatic rings. The van der Waals surface area contributed by atoms with Crippen LogP contribution in [-0.2, 0) is 4.74 Å². The number of ether oxygens (including phenoxy) is 1. The molecule has 1 fully saturated rings. The summed E-state index contributed by atoms with van der Waals surface area (Å²) in [6.45, 7) is 2.92. The lowest BCUT2D eigenvalue weighted by Crippen LogP contribution is -2.49. The molecule has 0 bridgehead atoms. The number of amides is 2. The molecule has 3 N–H and O–H groups in total. The number of benzene rings is 1. The van der Waals surface area contributed by atoms with E-state index in [4.69, 9.17) is 16.3 Å². The minimum Gasteiger partial charge on any atom is -0.388 e. The molecular formula is C15H20ClFN2O3. The van der Waals surface area contributed by atoms with Crippen LogP contribution in [0.4, 0.5) is 9.18 Å². The zero-order valence-corrected chi connectivity index (χ0v) is 13.1. The Morgan fingerprint density at radius 1 is 1.50 bits per heavy atom. The predicted molar refractivity (Wildman–Crippen MR) is 81.4 cm³/mol. The third-order valence-corrected chi connectivity index (χ3v) is 4.08. The van der Waals surface area contributed by atoms with Crippen LogP contribution < -0.4 is 10.6 Å². The van der Waals surface area contributed by atoms with Crippen molar-refractivity contribution in [3.8, 4) is 0 Å². The van der Waals surface area contributed by atoms with E-state index in [1.807, 2.05) is 0 Å². The van der Waals surface area contributed by atoms with Crippen LogP contribution in [0.25, 0.3) is 0 Å². The van der Waals surface area contributed by atoms with Crippen molar-refractivity contribution in [2.24, 2.45) is 0 Å². The van der Waals surface area contributed by atoms with Crippen molar-refractivity contribution < 1.29 is 19.0 Å². The molecule has 7 heteroatoms. The van der Waals surface area contributed by atoms with Crippen molar-refractivity contribution in [1.29, 1.82) is 0 Å². The van der Waals surface area contributed by atoms with Crippen molar-refractivity contribution in [1.82, 2.24) is 10.6 Å². The third kappa shape index (κ3) is 4.56. The standard InChI is InChI=1S/C15H20ClFN2O3/c1-10(11-2-3-13(17)12(16)8-11)19-14(20)18-9-15(21)4-6-22-7-5-15/h2-3,8,10,21H,4-7,9H2,1H3,(H2,18,19,20). The minimum absolute atomic E-state index is 0.0167. The lowest BCUT2D eigenvalue weighted by Gasteiger charge is -2.32. The smallest absolute Gasteiger partial charge is 0.315 e. The maximum absolute atomic E-state index is 13.1. The first-order valence-corrected chi connectivity index (χ1v) is 7.57. The molecule has 0 aliphatic carbocycles. The van der Waals surface area contributed by atoms with Crippen molar-refractivity contribution in [3.05, 3.63) is 34.6 Å². The highest BCUT2D eigenvalue weighted by Gasteiger charge is 2.30. The van der Waals surface area contributed by atoms with Crippen LogP contribution in [0.3, 0.4) is 0 Å². The summed E-state index contributed by atoms with van der Waals surface area (Å²) < 4.78 is 18.3. The van der Waals surface area contributed by atoms with Crippen LogP contribution in [0.1, 0.15) is 31.4 Å². The van der Waals surface area contributed by atoms with Gasteiger partial charge >= 0.3 is 6.03 Å². The highest BCUT2D eigenvalue weighted by atomic mass is 35.5. The lowest BCUT2D eigenvalue weighted by molar-refractivity contribution is -0.0600. The van der Waals surface area contributed by atoms with Crippen molar-refractivity contribution >= 4 is 17.6 Å². The summed E-state index contributed by atoms with van der Waals surface area (Å²) in [5.74, 6) is -0.496. The Morgan fingerprint density at radius 3 is 2.82 bits per heavy atom. The molecule has 22 heavy (non-hydrogen) atoms. The van der Waals surface area contributed by atoms with Gasteiger partial charge in [0.05, 0.1) is 16.7 Å². The van der Waals surface area contributed by atoms with Crippen LogP contribution in [0.5, 0.6) is 0 Å². The fourth-order valence-corrected chi connectivity index (χ4v) is 2.47. The van der Waals surface area contributed by atoms with E-state index in [2.05, 4.69) is 10.6 Å². The summed E-state index contributed by atoms with van der Waals surface area (Å²) in [7, 11) is 0. The monoisotopic (exact) mass is 330 g/mol.